The summed E-state index contributed by atoms with van der Waals surface area (Å²) in [5.41, 5.74) is 1.09. The highest BCUT2D eigenvalue weighted by atomic mass is 16.5. The minimum atomic E-state index is 0.391. The minimum absolute atomic E-state index is 0.391. The van der Waals surface area contributed by atoms with Gasteiger partial charge in [-0.3, -0.25) is 0 Å². The van der Waals surface area contributed by atoms with Gasteiger partial charge in [-0.25, -0.2) is 0 Å². The van der Waals surface area contributed by atoms with Crippen LogP contribution in [0.3, 0.4) is 0 Å². The van der Waals surface area contributed by atoms with E-state index in [2.05, 4.69) is 34.7 Å². The fourth-order valence-electron chi connectivity index (χ4n) is 3.10. The predicted octanol–water partition coefficient (Wildman–Crippen LogP) is 4.43. The van der Waals surface area contributed by atoms with Crippen LogP contribution in [0, 0.1) is 11.8 Å². The largest absolute Gasteiger partial charge is 0.497 e. The maximum absolute atomic E-state index is 5.65. The Balaban J connectivity index is 1.57. The van der Waals surface area contributed by atoms with Gasteiger partial charge >= 0.3 is 0 Å². The molecule has 1 aromatic heterocycles. The van der Waals surface area contributed by atoms with Crippen molar-refractivity contribution in [3.05, 3.63) is 48.3 Å². The standard InChI is InChI=1S/C20H23NO2/c1-22-19-11-13-20(14-12-19)23-16-6-10-18-9-5-15-21(18)17-7-3-2-4-8-17/h5,9,11-15,17H,2-4,7-8,16H2,1H3. The quantitative estimate of drug-likeness (QED) is 0.780. The van der Waals surface area contributed by atoms with Gasteiger partial charge in [-0.2, -0.15) is 0 Å². The molecule has 3 nitrogen and oxygen atoms in total. The molecular weight excluding hydrogens is 286 g/mol. The van der Waals surface area contributed by atoms with Crippen LogP contribution in [0.15, 0.2) is 42.6 Å². The van der Waals surface area contributed by atoms with Crippen LogP contribution >= 0.6 is 0 Å². The number of rotatable bonds is 4. The van der Waals surface area contributed by atoms with Crippen LogP contribution in [0.5, 0.6) is 11.5 Å². The molecule has 0 amide bonds. The smallest absolute Gasteiger partial charge is 0.149 e. The second-order valence-electron chi connectivity index (χ2n) is 5.86. The van der Waals surface area contributed by atoms with E-state index in [1.54, 1.807) is 7.11 Å². The highest BCUT2D eigenvalue weighted by molar-refractivity contribution is 5.32. The number of nitrogens with zero attached hydrogens (tertiary/aromatic N) is 1. The molecule has 0 N–H and O–H groups in total. The van der Waals surface area contributed by atoms with Gasteiger partial charge in [0.05, 0.1) is 12.8 Å². The van der Waals surface area contributed by atoms with E-state index in [1.807, 2.05) is 24.3 Å². The molecule has 0 spiro atoms. The first-order chi connectivity index (χ1) is 11.4. The molecule has 0 bridgehead atoms. The van der Waals surface area contributed by atoms with Gasteiger partial charge in [0.15, 0.2) is 0 Å². The maximum atomic E-state index is 5.65. The molecule has 0 atom stereocenters. The Morgan fingerprint density at radius 3 is 2.52 bits per heavy atom. The molecule has 3 rings (SSSR count). The first kappa shape index (κ1) is 15.6. The van der Waals surface area contributed by atoms with Gasteiger partial charge in [-0.1, -0.05) is 25.2 Å². The van der Waals surface area contributed by atoms with Crippen molar-refractivity contribution in [3.8, 4) is 23.3 Å². The summed E-state index contributed by atoms with van der Waals surface area (Å²) >= 11 is 0. The molecule has 3 heteroatoms. The zero-order chi connectivity index (χ0) is 15.9. The summed E-state index contributed by atoms with van der Waals surface area (Å²) in [6.45, 7) is 0.391. The summed E-state index contributed by atoms with van der Waals surface area (Å²) in [6.07, 6.45) is 8.73. The van der Waals surface area contributed by atoms with Crippen molar-refractivity contribution in [2.75, 3.05) is 13.7 Å². The highest BCUT2D eigenvalue weighted by Crippen LogP contribution is 2.29. The highest BCUT2D eigenvalue weighted by Gasteiger charge is 2.15. The third kappa shape index (κ3) is 4.10. The maximum Gasteiger partial charge on any atom is 0.149 e. The normalized spacial score (nSPS) is 14.8. The van der Waals surface area contributed by atoms with Crippen LogP contribution < -0.4 is 9.47 Å². The fourth-order valence-corrected chi connectivity index (χ4v) is 3.10. The molecule has 0 unspecified atom stereocenters. The second kappa shape index (κ2) is 7.78. The van der Waals surface area contributed by atoms with E-state index in [-0.39, 0.29) is 0 Å². The van der Waals surface area contributed by atoms with E-state index in [9.17, 15) is 0 Å². The van der Waals surface area contributed by atoms with Crippen LogP contribution in [-0.4, -0.2) is 18.3 Å². The molecule has 2 aromatic rings. The molecule has 1 heterocycles. The van der Waals surface area contributed by atoms with Crippen LogP contribution in [0.4, 0.5) is 0 Å². The van der Waals surface area contributed by atoms with Crippen LogP contribution in [0.2, 0.25) is 0 Å². The summed E-state index contributed by atoms with van der Waals surface area (Å²) in [4.78, 5) is 0. The fraction of sp³-hybridized carbons (Fsp3) is 0.400. The molecule has 1 aliphatic carbocycles. The van der Waals surface area contributed by atoms with E-state index in [0.29, 0.717) is 12.6 Å². The number of ether oxygens (including phenoxy) is 2. The van der Waals surface area contributed by atoms with E-state index >= 15 is 0 Å². The van der Waals surface area contributed by atoms with Gasteiger partial charge in [-0.15, -0.1) is 0 Å². The van der Waals surface area contributed by atoms with Crippen molar-refractivity contribution in [2.24, 2.45) is 0 Å². The third-order valence-corrected chi connectivity index (χ3v) is 4.33. The lowest BCUT2D eigenvalue weighted by Gasteiger charge is -2.24. The zero-order valence-corrected chi connectivity index (χ0v) is 13.6. The molecule has 1 aliphatic rings. The Hall–Kier alpha value is -2.34. The van der Waals surface area contributed by atoms with Gasteiger partial charge < -0.3 is 14.0 Å². The van der Waals surface area contributed by atoms with Gasteiger partial charge in [0.1, 0.15) is 18.1 Å². The summed E-state index contributed by atoms with van der Waals surface area (Å²) in [6, 6.07) is 12.4. The average Bonchev–Trinajstić information content (AvgIpc) is 3.08. The summed E-state index contributed by atoms with van der Waals surface area (Å²) in [5.74, 6) is 8.00. The number of hydrogen-bond donors (Lipinski definition) is 0. The Bertz CT molecular complexity index is 670. The van der Waals surface area contributed by atoms with Crippen LogP contribution in [0.1, 0.15) is 43.8 Å². The lowest BCUT2D eigenvalue weighted by Crippen LogP contribution is -2.13. The van der Waals surface area contributed by atoms with Crippen molar-refractivity contribution < 1.29 is 9.47 Å². The van der Waals surface area contributed by atoms with Gasteiger partial charge in [0.25, 0.3) is 0 Å². The van der Waals surface area contributed by atoms with E-state index in [0.717, 1.165) is 17.2 Å². The lowest BCUT2D eigenvalue weighted by atomic mass is 9.95. The molecule has 1 fully saturated rings. The molecule has 120 valence electrons. The number of aromatic nitrogens is 1. The number of hydrogen-bond acceptors (Lipinski definition) is 2. The van der Waals surface area contributed by atoms with Gasteiger partial charge in [0, 0.05) is 12.2 Å². The minimum Gasteiger partial charge on any atom is -0.497 e. The number of methoxy groups -OCH3 is 1. The average molecular weight is 309 g/mol. The molecule has 23 heavy (non-hydrogen) atoms. The molecule has 1 saturated carbocycles. The second-order valence-corrected chi connectivity index (χ2v) is 5.86. The Kier molecular flexibility index (Phi) is 5.26. The Morgan fingerprint density at radius 1 is 1.04 bits per heavy atom. The number of benzene rings is 1. The topological polar surface area (TPSA) is 23.4 Å². The van der Waals surface area contributed by atoms with E-state index < -0.39 is 0 Å². The summed E-state index contributed by atoms with van der Waals surface area (Å²) in [7, 11) is 1.66. The van der Waals surface area contributed by atoms with Gasteiger partial charge in [0.2, 0.25) is 0 Å². The van der Waals surface area contributed by atoms with Crippen LogP contribution in [-0.2, 0) is 0 Å². The molecule has 0 saturated heterocycles. The first-order valence-corrected chi connectivity index (χ1v) is 8.29. The predicted molar refractivity (Wildman–Crippen MR) is 91.9 cm³/mol. The van der Waals surface area contributed by atoms with Crippen molar-refractivity contribution in [2.45, 2.75) is 38.1 Å². The Morgan fingerprint density at radius 2 is 1.78 bits per heavy atom. The van der Waals surface area contributed by atoms with E-state index in [4.69, 9.17) is 9.47 Å². The summed E-state index contributed by atoms with van der Waals surface area (Å²) < 4.78 is 13.1. The molecule has 0 aliphatic heterocycles. The molecular formula is C20H23NO2. The van der Waals surface area contributed by atoms with Crippen molar-refractivity contribution in [1.29, 1.82) is 0 Å². The van der Waals surface area contributed by atoms with E-state index in [1.165, 1.54) is 32.1 Å². The first-order valence-electron chi connectivity index (χ1n) is 8.29. The molecule has 1 aromatic carbocycles. The Labute approximate surface area is 138 Å². The SMILES string of the molecule is COc1ccc(OCC#Cc2cccn2C2CCCCC2)cc1. The third-order valence-electron chi connectivity index (χ3n) is 4.33. The summed E-state index contributed by atoms with van der Waals surface area (Å²) in [5, 5.41) is 0. The van der Waals surface area contributed by atoms with Crippen LogP contribution in [0.25, 0.3) is 0 Å². The lowest BCUT2D eigenvalue weighted by molar-refractivity contribution is 0.352. The molecule has 0 radical (unpaired) electrons. The van der Waals surface area contributed by atoms with Crippen molar-refractivity contribution in [1.82, 2.24) is 4.57 Å². The van der Waals surface area contributed by atoms with Crippen molar-refractivity contribution in [3.63, 3.8) is 0 Å². The van der Waals surface area contributed by atoms with Crippen molar-refractivity contribution >= 4 is 0 Å². The monoisotopic (exact) mass is 309 g/mol. The zero-order valence-electron chi connectivity index (χ0n) is 13.6. The van der Waals surface area contributed by atoms with Gasteiger partial charge in [-0.05, 0) is 55.2 Å².